The molecule has 1 N–H and O–H groups in total. The molecule has 10 heteroatoms. The van der Waals surface area contributed by atoms with Crippen LogP contribution in [-0.2, 0) is 16.1 Å². The second-order valence-corrected chi connectivity index (χ2v) is 8.72. The highest BCUT2D eigenvalue weighted by atomic mass is 35.5. The third kappa shape index (κ3) is 4.92. The molecule has 0 fully saturated rings. The summed E-state index contributed by atoms with van der Waals surface area (Å²) in [5.74, 6) is -0.0582. The lowest BCUT2D eigenvalue weighted by Crippen LogP contribution is -2.16. The van der Waals surface area contributed by atoms with Crippen LogP contribution < -0.4 is 5.32 Å². The predicted octanol–water partition coefficient (Wildman–Crippen LogP) is 4.67. The van der Waals surface area contributed by atoms with Crippen molar-refractivity contribution in [3.05, 3.63) is 58.5 Å². The molecule has 1 aromatic carbocycles. The monoisotopic (exact) mass is 462 g/mol. The van der Waals surface area contributed by atoms with E-state index >= 15 is 0 Å². The van der Waals surface area contributed by atoms with E-state index in [-0.39, 0.29) is 11.7 Å². The number of hydrogen-bond donors (Lipinski definition) is 1. The number of benzene rings is 1. The number of esters is 1. The maximum Gasteiger partial charge on any atom is 0.340 e. The summed E-state index contributed by atoms with van der Waals surface area (Å²) < 4.78 is 6.62. The maximum absolute atomic E-state index is 12.5. The van der Waals surface area contributed by atoms with Crippen molar-refractivity contribution in [1.82, 2.24) is 14.8 Å². The van der Waals surface area contributed by atoms with Crippen molar-refractivity contribution in [2.45, 2.75) is 18.6 Å². The number of ether oxygens (including phenoxy) is 1. The fourth-order valence-electron chi connectivity index (χ4n) is 2.69. The molecule has 30 heavy (non-hydrogen) atoms. The molecule has 0 saturated heterocycles. The lowest BCUT2D eigenvalue weighted by molar-refractivity contribution is -0.113. The van der Waals surface area contributed by atoms with Crippen molar-refractivity contribution < 1.29 is 14.3 Å². The third-order valence-electron chi connectivity index (χ3n) is 3.99. The smallest absolute Gasteiger partial charge is 0.340 e. The van der Waals surface area contributed by atoms with E-state index in [1.165, 1.54) is 30.2 Å². The number of aromatic nitrogens is 3. The summed E-state index contributed by atoms with van der Waals surface area (Å²) in [6.07, 6.45) is 1.73. The number of amides is 1. The normalized spacial score (nSPS) is 10.6. The van der Waals surface area contributed by atoms with Gasteiger partial charge in [-0.3, -0.25) is 9.36 Å². The summed E-state index contributed by atoms with van der Waals surface area (Å²) in [6.45, 7) is 6.10. The summed E-state index contributed by atoms with van der Waals surface area (Å²) in [4.78, 5) is 25.3. The van der Waals surface area contributed by atoms with Crippen LogP contribution in [0.4, 0.5) is 5.00 Å². The Morgan fingerprint density at radius 3 is 2.83 bits per heavy atom. The van der Waals surface area contributed by atoms with Gasteiger partial charge in [0, 0.05) is 17.0 Å². The van der Waals surface area contributed by atoms with Gasteiger partial charge in [-0.25, -0.2) is 4.79 Å². The van der Waals surface area contributed by atoms with E-state index in [9.17, 15) is 9.59 Å². The van der Waals surface area contributed by atoms with E-state index in [0.717, 1.165) is 10.4 Å². The molecule has 0 bridgehead atoms. The van der Waals surface area contributed by atoms with Crippen LogP contribution >= 0.6 is 34.7 Å². The zero-order valence-electron chi connectivity index (χ0n) is 16.3. The standard InChI is InChI=1S/C20H19ClN4O3S2/c1-4-9-25-17(13-7-5-6-8-15(13)21)23-24-20(25)29-11-16(26)22-18-14(19(27)28-3)10-12(2)30-18/h4-8,10H,1,9,11H2,2-3H3,(H,22,26). The van der Waals surface area contributed by atoms with E-state index in [2.05, 4.69) is 22.1 Å². The molecule has 0 unspecified atom stereocenters. The molecule has 0 aliphatic heterocycles. The number of methoxy groups -OCH3 is 1. The molecule has 0 spiro atoms. The van der Waals surface area contributed by atoms with Crippen LogP contribution in [0.3, 0.4) is 0 Å². The zero-order chi connectivity index (χ0) is 21.7. The molecule has 3 aromatic rings. The zero-order valence-corrected chi connectivity index (χ0v) is 18.7. The summed E-state index contributed by atoms with van der Waals surface area (Å²) in [6, 6.07) is 9.05. The molecule has 1 amide bonds. The predicted molar refractivity (Wildman–Crippen MR) is 120 cm³/mol. The Kier molecular flexibility index (Phi) is 7.30. The van der Waals surface area contributed by atoms with Crippen LogP contribution in [0.25, 0.3) is 11.4 Å². The summed E-state index contributed by atoms with van der Waals surface area (Å²) >= 11 is 8.85. The lowest BCUT2D eigenvalue weighted by atomic mass is 10.2. The first kappa shape index (κ1) is 22.1. The van der Waals surface area contributed by atoms with Crippen LogP contribution in [0.2, 0.25) is 5.02 Å². The first-order chi connectivity index (χ1) is 14.4. The Morgan fingerprint density at radius 2 is 2.13 bits per heavy atom. The topological polar surface area (TPSA) is 86.1 Å². The fraction of sp³-hybridized carbons (Fsp3) is 0.200. The Bertz CT molecular complexity index is 1090. The van der Waals surface area contributed by atoms with Crippen molar-refractivity contribution >= 4 is 51.6 Å². The molecule has 0 atom stereocenters. The summed E-state index contributed by atoms with van der Waals surface area (Å²) in [5.41, 5.74) is 1.09. The Hall–Kier alpha value is -2.62. The van der Waals surface area contributed by atoms with Gasteiger partial charge in [0.2, 0.25) is 5.91 Å². The number of thioether (sulfide) groups is 1. The molecule has 0 radical (unpaired) electrons. The molecule has 2 heterocycles. The second kappa shape index (κ2) is 9.92. The van der Waals surface area contributed by atoms with Crippen molar-refractivity contribution in [1.29, 1.82) is 0 Å². The van der Waals surface area contributed by atoms with Gasteiger partial charge in [0.05, 0.1) is 23.4 Å². The molecular weight excluding hydrogens is 444 g/mol. The van der Waals surface area contributed by atoms with Crippen molar-refractivity contribution in [2.24, 2.45) is 0 Å². The number of allylic oxidation sites excluding steroid dienone is 1. The molecule has 156 valence electrons. The number of hydrogen-bond acceptors (Lipinski definition) is 7. The van der Waals surface area contributed by atoms with Crippen molar-refractivity contribution in [3.63, 3.8) is 0 Å². The van der Waals surface area contributed by atoms with Gasteiger partial charge in [0.15, 0.2) is 11.0 Å². The minimum Gasteiger partial charge on any atom is -0.465 e. The molecule has 2 aromatic heterocycles. The van der Waals surface area contributed by atoms with Gasteiger partial charge in [-0.1, -0.05) is 41.6 Å². The Labute approximate surface area is 187 Å². The highest BCUT2D eigenvalue weighted by molar-refractivity contribution is 7.99. The molecule has 0 aliphatic rings. The first-order valence-electron chi connectivity index (χ1n) is 8.85. The van der Waals surface area contributed by atoms with Crippen LogP contribution in [0, 0.1) is 6.92 Å². The van der Waals surface area contributed by atoms with Gasteiger partial charge < -0.3 is 10.1 Å². The lowest BCUT2D eigenvalue weighted by Gasteiger charge is -2.09. The fourth-order valence-corrected chi connectivity index (χ4v) is 4.58. The number of thiophene rings is 1. The van der Waals surface area contributed by atoms with E-state index in [4.69, 9.17) is 16.3 Å². The van der Waals surface area contributed by atoms with E-state index in [1.54, 1.807) is 18.2 Å². The van der Waals surface area contributed by atoms with E-state index in [0.29, 0.717) is 33.1 Å². The number of carbonyl (C=O) groups is 2. The molecular formula is C20H19ClN4O3S2. The number of aryl methyl sites for hydroxylation is 1. The maximum atomic E-state index is 12.5. The number of carbonyl (C=O) groups excluding carboxylic acids is 2. The van der Waals surface area contributed by atoms with E-state index in [1.807, 2.05) is 29.7 Å². The van der Waals surface area contributed by atoms with E-state index < -0.39 is 5.97 Å². The summed E-state index contributed by atoms with van der Waals surface area (Å²) in [5, 5.41) is 12.8. The first-order valence-corrected chi connectivity index (χ1v) is 11.0. The molecule has 0 saturated carbocycles. The number of nitrogens with zero attached hydrogens (tertiary/aromatic N) is 3. The van der Waals surface area contributed by atoms with Crippen molar-refractivity contribution in [2.75, 3.05) is 18.2 Å². The Balaban J connectivity index is 1.75. The second-order valence-electron chi connectivity index (χ2n) is 6.11. The number of anilines is 1. The van der Waals surface area contributed by atoms with Gasteiger partial charge in [-0.05, 0) is 25.1 Å². The van der Waals surface area contributed by atoms with Crippen molar-refractivity contribution in [3.8, 4) is 11.4 Å². The number of rotatable bonds is 8. The molecule has 0 aliphatic carbocycles. The van der Waals surface area contributed by atoms with Gasteiger partial charge >= 0.3 is 5.97 Å². The van der Waals surface area contributed by atoms with Gasteiger partial charge in [-0.15, -0.1) is 28.1 Å². The highest BCUT2D eigenvalue weighted by Crippen LogP contribution is 2.30. The van der Waals surface area contributed by atoms with Crippen LogP contribution in [-0.4, -0.2) is 39.5 Å². The highest BCUT2D eigenvalue weighted by Gasteiger charge is 2.19. The van der Waals surface area contributed by atoms with Gasteiger partial charge in [0.25, 0.3) is 0 Å². The number of nitrogens with one attached hydrogen (secondary N) is 1. The number of halogens is 1. The largest absolute Gasteiger partial charge is 0.465 e. The Morgan fingerprint density at radius 1 is 1.37 bits per heavy atom. The average Bonchev–Trinajstić information content (AvgIpc) is 3.29. The third-order valence-corrected chi connectivity index (χ3v) is 6.25. The van der Waals surface area contributed by atoms with Gasteiger partial charge in [0.1, 0.15) is 5.00 Å². The van der Waals surface area contributed by atoms with Crippen LogP contribution in [0.5, 0.6) is 0 Å². The van der Waals surface area contributed by atoms with Crippen LogP contribution in [0.15, 0.2) is 48.1 Å². The van der Waals surface area contributed by atoms with Gasteiger partial charge in [-0.2, -0.15) is 0 Å². The van der Waals surface area contributed by atoms with Crippen LogP contribution in [0.1, 0.15) is 15.2 Å². The average molecular weight is 463 g/mol. The quantitative estimate of drug-likeness (QED) is 0.297. The summed E-state index contributed by atoms with van der Waals surface area (Å²) in [7, 11) is 1.31. The minimum absolute atomic E-state index is 0.0926. The SMILES string of the molecule is C=CCn1c(SCC(=O)Nc2sc(C)cc2C(=O)OC)nnc1-c1ccccc1Cl. The molecule has 7 nitrogen and oxygen atoms in total. The minimum atomic E-state index is -0.489. The molecule has 3 rings (SSSR count).